The van der Waals surface area contributed by atoms with Crippen LogP contribution < -0.4 is 10.1 Å². The number of ether oxygens (including phenoxy) is 1. The van der Waals surface area contributed by atoms with E-state index in [-0.39, 0.29) is 5.91 Å². The molecule has 0 atom stereocenters. The van der Waals surface area contributed by atoms with E-state index < -0.39 is 0 Å². The van der Waals surface area contributed by atoms with Crippen molar-refractivity contribution in [2.75, 3.05) is 11.9 Å². The fraction of sp³-hybridized carbons (Fsp3) is 0.0952. The molecule has 4 rings (SSSR count). The van der Waals surface area contributed by atoms with Gasteiger partial charge in [0.05, 0.1) is 22.3 Å². The minimum Gasteiger partial charge on any atom is -0.492 e. The molecule has 0 unspecified atom stereocenters. The second-order valence-electron chi connectivity index (χ2n) is 6.07. The summed E-state index contributed by atoms with van der Waals surface area (Å²) in [4.78, 5) is 21.2. The predicted octanol–water partition coefficient (Wildman–Crippen LogP) is 5.85. The summed E-state index contributed by atoms with van der Waals surface area (Å²) >= 11 is 12.4. The molecule has 0 aliphatic carbocycles. The Labute approximate surface area is 176 Å². The Hall–Kier alpha value is -3.09. The summed E-state index contributed by atoms with van der Waals surface area (Å²) in [6, 6.07) is 13.5. The summed E-state index contributed by atoms with van der Waals surface area (Å²) < 4.78 is 11.1. The lowest BCUT2D eigenvalue weighted by Gasteiger charge is -2.10. The van der Waals surface area contributed by atoms with Gasteiger partial charge in [-0.15, -0.1) is 0 Å². The van der Waals surface area contributed by atoms with Crippen molar-refractivity contribution in [2.45, 2.75) is 6.92 Å². The van der Waals surface area contributed by atoms with E-state index in [1.54, 1.807) is 54.7 Å². The highest BCUT2D eigenvalue weighted by Gasteiger charge is 2.14. The van der Waals surface area contributed by atoms with Crippen LogP contribution in [0.1, 0.15) is 17.3 Å². The van der Waals surface area contributed by atoms with E-state index in [1.165, 1.54) is 0 Å². The quantitative estimate of drug-likeness (QED) is 0.432. The van der Waals surface area contributed by atoms with Gasteiger partial charge in [-0.25, -0.2) is 4.98 Å². The molecule has 0 spiro atoms. The van der Waals surface area contributed by atoms with Crippen LogP contribution in [0.2, 0.25) is 10.0 Å². The number of benzene rings is 2. The lowest BCUT2D eigenvalue weighted by molar-refractivity contribution is 0.102. The highest BCUT2D eigenvalue weighted by atomic mass is 35.5. The number of pyridine rings is 1. The van der Waals surface area contributed by atoms with Crippen molar-refractivity contribution >= 4 is 46.0 Å². The molecule has 2 aromatic carbocycles. The number of carbonyl (C=O) groups excluding carboxylic acids is 1. The Bertz CT molecular complexity index is 1170. The number of rotatable bonds is 5. The maximum atomic E-state index is 12.7. The summed E-state index contributed by atoms with van der Waals surface area (Å²) in [5.74, 6) is 0.554. The van der Waals surface area contributed by atoms with Crippen molar-refractivity contribution in [1.82, 2.24) is 9.97 Å². The van der Waals surface area contributed by atoms with Gasteiger partial charge >= 0.3 is 0 Å². The number of anilines is 1. The second-order valence-corrected chi connectivity index (χ2v) is 6.89. The van der Waals surface area contributed by atoms with Crippen LogP contribution in [0.25, 0.3) is 22.7 Å². The molecular weight excluding hydrogens is 413 g/mol. The molecule has 4 aromatic rings. The molecule has 1 amide bonds. The highest BCUT2D eigenvalue weighted by molar-refractivity contribution is 6.34. The first-order valence-corrected chi connectivity index (χ1v) is 9.56. The van der Waals surface area contributed by atoms with Crippen LogP contribution in [0.5, 0.6) is 5.75 Å². The van der Waals surface area contributed by atoms with E-state index in [1.807, 2.05) is 6.92 Å². The van der Waals surface area contributed by atoms with Gasteiger partial charge in [0.1, 0.15) is 5.75 Å². The van der Waals surface area contributed by atoms with Gasteiger partial charge in [-0.1, -0.05) is 23.2 Å². The van der Waals surface area contributed by atoms with Crippen LogP contribution in [-0.4, -0.2) is 22.5 Å². The van der Waals surface area contributed by atoms with E-state index in [2.05, 4.69) is 15.3 Å². The van der Waals surface area contributed by atoms with Gasteiger partial charge in [0.2, 0.25) is 5.89 Å². The zero-order valence-corrected chi connectivity index (χ0v) is 16.8. The van der Waals surface area contributed by atoms with Crippen molar-refractivity contribution in [2.24, 2.45) is 0 Å². The first-order chi connectivity index (χ1) is 14.0. The van der Waals surface area contributed by atoms with Gasteiger partial charge in [-0.2, -0.15) is 4.98 Å². The Morgan fingerprint density at radius 3 is 2.76 bits per heavy atom. The number of nitrogens with zero attached hydrogens (tertiary/aromatic N) is 2. The first kappa shape index (κ1) is 19.2. The van der Waals surface area contributed by atoms with Gasteiger partial charge in [-0.3, -0.25) is 4.79 Å². The molecule has 2 heterocycles. The highest BCUT2D eigenvalue weighted by Crippen LogP contribution is 2.31. The number of fused-ring (bicyclic) bond motifs is 1. The number of aromatic nitrogens is 2. The van der Waals surface area contributed by atoms with Crippen LogP contribution >= 0.6 is 23.2 Å². The molecule has 0 fully saturated rings. The van der Waals surface area contributed by atoms with Crippen molar-refractivity contribution < 1.29 is 13.9 Å². The van der Waals surface area contributed by atoms with Crippen LogP contribution in [0.15, 0.2) is 59.1 Å². The number of hydrogen-bond donors (Lipinski definition) is 1. The summed E-state index contributed by atoms with van der Waals surface area (Å²) in [6.45, 7) is 2.35. The molecule has 0 saturated heterocycles. The largest absolute Gasteiger partial charge is 0.492 e. The third-order valence-electron chi connectivity index (χ3n) is 4.12. The average Bonchev–Trinajstić information content (AvgIpc) is 3.15. The lowest BCUT2D eigenvalue weighted by Crippen LogP contribution is -2.12. The third-order valence-corrected chi connectivity index (χ3v) is 4.75. The maximum absolute atomic E-state index is 12.7. The number of hydrogen-bond acceptors (Lipinski definition) is 5. The van der Waals surface area contributed by atoms with Crippen molar-refractivity contribution in [3.05, 3.63) is 70.3 Å². The van der Waals surface area contributed by atoms with Crippen molar-refractivity contribution in [3.8, 4) is 17.2 Å². The van der Waals surface area contributed by atoms with E-state index in [0.717, 1.165) is 0 Å². The fourth-order valence-corrected chi connectivity index (χ4v) is 3.16. The molecular formula is C21H15Cl2N3O3. The standard InChI is InChI=1S/C21H15Cl2N3O3/c1-2-28-17-8-6-12(10-15(17)23)20(27)25-16-11-13(5-7-14(16)22)21-26-19-18(29-21)4-3-9-24-19/h3-11H,2H2,1H3,(H,25,27). The number of amides is 1. The molecule has 0 aliphatic heterocycles. The van der Waals surface area contributed by atoms with Crippen molar-refractivity contribution in [1.29, 1.82) is 0 Å². The van der Waals surface area contributed by atoms with Gasteiger partial charge in [0.15, 0.2) is 11.2 Å². The summed E-state index contributed by atoms with van der Waals surface area (Å²) in [5, 5.41) is 3.54. The molecule has 0 aliphatic rings. The molecule has 29 heavy (non-hydrogen) atoms. The minimum atomic E-state index is -0.353. The third kappa shape index (κ3) is 4.04. The first-order valence-electron chi connectivity index (χ1n) is 8.80. The normalized spacial score (nSPS) is 10.9. The number of carbonyl (C=O) groups is 1. The molecule has 0 saturated carbocycles. The van der Waals surface area contributed by atoms with Crippen LogP contribution in [0, 0.1) is 0 Å². The van der Waals surface area contributed by atoms with Gasteiger partial charge in [-0.05, 0) is 55.5 Å². The van der Waals surface area contributed by atoms with E-state index in [9.17, 15) is 4.79 Å². The van der Waals surface area contributed by atoms with Gasteiger partial charge < -0.3 is 14.5 Å². The Morgan fingerprint density at radius 1 is 1.14 bits per heavy atom. The molecule has 0 bridgehead atoms. The molecule has 6 nitrogen and oxygen atoms in total. The minimum absolute atomic E-state index is 0.353. The zero-order chi connectivity index (χ0) is 20.4. The molecule has 0 radical (unpaired) electrons. The van der Waals surface area contributed by atoms with Crippen LogP contribution in [-0.2, 0) is 0 Å². The Morgan fingerprint density at radius 2 is 2.00 bits per heavy atom. The van der Waals surface area contributed by atoms with E-state index >= 15 is 0 Å². The predicted molar refractivity (Wildman–Crippen MR) is 113 cm³/mol. The molecule has 2 aromatic heterocycles. The van der Waals surface area contributed by atoms with E-state index in [4.69, 9.17) is 32.4 Å². The van der Waals surface area contributed by atoms with Gasteiger partial charge in [0, 0.05) is 17.3 Å². The topological polar surface area (TPSA) is 77.2 Å². The van der Waals surface area contributed by atoms with Gasteiger partial charge in [0.25, 0.3) is 5.91 Å². The fourth-order valence-electron chi connectivity index (χ4n) is 2.76. The van der Waals surface area contributed by atoms with E-state index in [0.29, 0.717) is 56.3 Å². The number of halogens is 2. The maximum Gasteiger partial charge on any atom is 0.255 e. The Kier molecular flexibility index (Phi) is 5.38. The molecule has 146 valence electrons. The molecule has 8 heteroatoms. The average molecular weight is 428 g/mol. The number of oxazole rings is 1. The second kappa shape index (κ2) is 8.11. The monoisotopic (exact) mass is 427 g/mol. The summed E-state index contributed by atoms with van der Waals surface area (Å²) in [7, 11) is 0. The summed E-state index contributed by atoms with van der Waals surface area (Å²) in [6.07, 6.45) is 1.64. The lowest BCUT2D eigenvalue weighted by atomic mass is 10.1. The summed E-state index contributed by atoms with van der Waals surface area (Å²) in [5.41, 5.74) is 2.55. The number of nitrogens with one attached hydrogen (secondary N) is 1. The molecule has 1 N–H and O–H groups in total. The van der Waals surface area contributed by atoms with Crippen molar-refractivity contribution in [3.63, 3.8) is 0 Å². The van der Waals surface area contributed by atoms with Crippen LogP contribution in [0.3, 0.4) is 0 Å². The Balaban J connectivity index is 1.61. The van der Waals surface area contributed by atoms with Crippen LogP contribution in [0.4, 0.5) is 5.69 Å². The SMILES string of the molecule is CCOc1ccc(C(=O)Nc2cc(-c3nc4ncccc4o3)ccc2Cl)cc1Cl. The smallest absolute Gasteiger partial charge is 0.255 e. The zero-order valence-electron chi connectivity index (χ0n) is 15.3.